The minimum Gasteiger partial charge on any atom is -0.315 e. The largest absolute Gasteiger partial charge is 0.315 e. The van der Waals surface area contributed by atoms with E-state index in [1.54, 1.807) is 0 Å². The zero-order chi connectivity index (χ0) is 11.1. The standard InChI is InChI=1S/C11H22N4/c1-11(15-9-5-7-13-15)10-12-6-4-8-14(2)3/h5,7,9,11-12H,4,6,8,10H2,1-3H3. The summed E-state index contributed by atoms with van der Waals surface area (Å²) in [6.07, 6.45) is 5.02. The Kier molecular flexibility index (Phi) is 5.36. The number of nitrogens with zero attached hydrogens (tertiary/aromatic N) is 3. The van der Waals surface area contributed by atoms with E-state index in [2.05, 4.69) is 36.3 Å². The van der Waals surface area contributed by atoms with Gasteiger partial charge in [0, 0.05) is 18.9 Å². The summed E-state index contributed by atoms with van der Waals surface area (Å²) < 4.78 is 1.99. The summed E-state index contributed by atoms with van der Waals surface area (Å²) in [5.41, 5.74) is 0. The zero-order valence-electron chi connectivity index (χ0n) is 9.98. The molecule has 1 N–H and O–H groups in total. The topological polar surface area (TPSA) is 33.1 Å². The SMILES string of the molecule is CC(CNCCCN(C)C)n1cccn1. The van der Waals surface area contributed by atoms with Gasteiger partial charge in [-0.2, -0.15) is 5.10 Å². The molecule has 0 aliphatic carbocycles. The van der Waals surface area contributed by atoms with Crippen LogP contribution in [-0.4, -0.2) is 48.4 Å². The van der Waals surface area contributed by atoms with Crippen molar-refractivity contribution in [3.05, 3.63) is 18.5 Å². The molecule has 86 valence electrons. The predicted octanol–water partition coefficient (Wildman–Crippen LogP) is 0.985. The third-order valence-electron chi connectivity index (χ3n) is 2.38. The number of aromatic nitrogens is 2. The first kappa shape index (κ1) is 12.2. The highest BCUT2D eigenvalue weighted by molar-refractivity contribution is 4.80. The molecule has 0 spiro atoms. The maximum atomic E-state index is 4.21. The van der Waals surface area contributed by atoms with E-state index in [9.17, 15) is 0 Å². The maximum Gasteiger partial charge on any atom is 0.0615 e. The van der Waals surface area contributed by atoms with Gasteiger partial charge < -0.3 is 10.2 Å². The van der Waals surface area contributed by atoms with Crippen LogP contribution in [-0.2, 0) is 0 Å². The van der Waals surface area contributed by atoms with Crippen LogP contribution < -0.4 is 5.32 Å². The van der Waals surface area contributed by atoms with Gasteiger partial charge in [0.15, 0.2) is 0 Å². The molecule has 0 saturated heterocycles. The minimum absolute atomic E-state index is 0.430. The highest BCUT2D eigenvalue weighted by atomic mass is 15.3. The lowest BCUT2D eigenvalue weighted by Crippen LogP contribution is -2.26. The van der Waals surface area contributed by atoms with Crippen molar-refractivity contribution in [3.8, 4) is 0 Å². The Labute approximate surface area is 92.3 Å². The van der Waals surface area contributed by atoms with Gasteiger partial charge in [0.05, 0.1) is 6.04 Å². The molecule has 1 aromatic heterocycles. The number of hydrogen-bond acceptors (Lipinski definition) is 3. The Morgan fingerprint density at radius 2 is 2.27 bits per heavy atom. The van der Waals surface area contributed by atoms with Crippen LogP contribution in [0.1, 0.15) is 19.4 Å². The molecule has 0 bridgehead atoms. The van der Waals surface area contributed by atoms with Gasteiger partial charge in [-0.15, -0.1) is 0 Å². The summed E-state index contributed by atoms with van der Waals surface area (Å²) in [5, 5.41) is 7.65. The molecule has 0 aliphatic rings. The summed E-state index contributed by atoms with van der Waals surface area (Å²) in [7, 11) is 4.21. The second kappa shape index (κ2) is 6.58. The van der Waals surface area contributed by atoms with E-state index in [0.717, 1.165) is 19.6 Å². The third kappa shape index (κ3) is 4.95. The Bertz CT molecular complexity index is 243. The lowest BCUT2D eigenvalue weighted by atomic mass is 10.3. The first-order chi connectivity index (χ1) is 7.20. The summed E-state index contributed by atoms with van der Waals surface area (Å²) >= 11 is 0. The van der Waals surface area contributed by atoms with E-state index >= 15 is 0 Å². The van der Waals surface area contributed by atoms with Gasteiger partial charge in [0.1, 0.15) is 0 Å². The molecule has 1 atom stereocenters. The Hall–Kier alpha value is -0.870. The highest BCUT2D eigenvalue weighted by Crippen LogP contribution is 2.00. The van der Waals surface area contributed by atoms with Crippen molar-refractivity contribution in [1.29, 1.82) is 0 Å². The van der Waals surface area contributed by atoms with Crippen LogP contribution in [0.4, 0.5) is 0 Å². The number of nitrogens with one attached hydrogen (secondary N) is 1. The highest BCUT2D eigenvalue weighted by Gasteiger charge is 2.02. The lowest BCUT2D eigenvalue weighted by molar-refractivity contribution is 0.385. The molecule has 15 heavy (non-hydrogen) atoms. The number of hydrogen-bond donors (Lipinski definition) is 1. The summed E-state index contributed by atoms with van der Waals surface area (Å²) in [4.78, 5) is 2.21. The van der Waals surface area contributed by atoms with Crippen molar-refractivity contribution in [3.63, 3.8) is 0 Å². The Balaban J connectivity index is 2.05. The van der Waals surface area contributed by atoms with Crippen LogP contribution in [0.5, 0.6) is 0 Å². The first-order valence-corrected chi connectivity index (χ1v) is 5.54. The Morgan fingerprint density at radius 3 is 2.87 bits per heavy atom. The van der Waals surface area contributed by atoms with Crippen LogP contribution in [0.3, 0.4) is 0 Å². The quantitative estimate of drug-likeness (QED) is 0.681. The third-order valence-corrected chi connectivity index (χ3v) is 2.38. The van der Waals surface area contributed by atoms with Gasteiger partial charge in [0.2, 0.25) is 0 Å². The molecule has 1 unspecified atom stereocenters. The van der Waals surface area contributed by atoms with Crippen molar-refractivity contribution in [1.82, 2.24) is 20.0 Å². The van der Waals surface area contributed by atoms with E-state index in [1.807, 2.05) is 23.1 Å². The predicted molar refractivity (Wildman–Crippen MR) is 63.0 cm³/mol. The molecule has 0 aromatic carbocycles. The van der Waals surface area contributed by atoms with Gasteiger partial charge in [-0.1, -0.05) is 0 Å². The second-order valence-electron chi connectivity index (χ2n) is 4.20. The lowest BCUT2D eigenvalue weighted by Gasteiger charge is -2.14. The van der Waals surface area contributed by atoms with Gasteiger partial charge in [-0.05, 0) is 46.6 Å². The van der Waals surface area contributed by atoms with Crippen LogP contribution in [0, 0.1) is 0 Å². The van der Waals surface area contributed by atoms with Crippen molar-refractivity contribution < 1.29 is 0 Å². The van der Waals surface area contributed by atoms with Crippen molar-refractivity contribution in [2.45, 2.75) is 19.4 Å². The molecule has 0 amide bonds. The van der Waals surface area contributed by atoms with E-state index in [0.29, 0.717) is 6.04 Å². The van der Waals surface area contributed by atoms with Gasteiger partial charge in [0.25, 0.3) is 0 Å². The van der Waals surface area contributed by atoms with E-state index in [4.69, 9.17) is 0 Å². The van der Waals surface area contributed by atoms with Gasteiger partial charge in [-0.3, -0.25) is 4.68 Å². The van der Waals surface area contributed by atoms with Crippen LogP contribution in [0.2, 0.25) is 0 Å². The monoisotopic (exact) mass is 210 g/mol. The van der Waals surface area contributed by atoms with Crippen LogP contribution >= 0.6 is 0 Å². The van der Waals surface area contributed by atoms with Gasteiger partial charge >= 0.3 is 0 Å². The molecular formula is C11H22N4. The molecule has 4 heteroatoms. The fourth-order valence-corrected chi connectivity index (χ4v) is 1.47. The van der Waals surface area contributed by atoms with Crippen LogP contribution in [0.25, 0.3) is 0 Å². The van der Waals surface area contributed by atoms with Gasteiger partial charge in [-0.25, -0.2) is 0 Å². The summed E-state index contributed by atoms with van der Waals surface area (Å²) in [6, 6.07) is 2.39. The van der Waals surface area contributed by atoms with E-state index in [1.165, 1.54) is 6.42 Å². The normalized spacial score (nSPS) is 13.3. The molecule has 0 saturated carbocycles. The molecule has 0 fully saturated rings. The minimum atomic E-state index is 0.430. The maximum absolute atomic E-state index is 4.21. The molecule has 1 heterocycles. The van der Waals surface area contributed by atoms with Crippen LogP contribution in [0.15, 0.2) is 18.5 Å². The summed E-state index contributed by atoms with van der Waals surface area (Å²) in [6.45, 7) is 5.37. The zero-order valence-corrected chi connectivity index (χ0v) is 9.98. The average Bonchev–Trinajstić information content (AvgIpc) is 2.69. The van der Waals surface area contributed by atoms with E-state index in [-0.39, 0.29) is 0 Å². The fourth-order valence-electron chi connectivity index (χ4n) is 1.47. The first-order valence-electron chi connectivity index (χ1n) is 5.54. The number of rotatable bonds is 7. The smallest absolute Gasteiger partial charge is 0.0615 e. The second-order valence-corrected chi connectivity index (χ2v) is 4.20. The average molecular weight is 210 g/mol. The molecular weight excluding hydrogens is 188 g/mol. The molecule has 1 aromatic rings. The molecule has 0 aliphatic heterocycles. The van der Waals surface area contributed by atoms with Crippen molar-refractivity contribution in [2.75, 3.05) is 33.7 Å². The molecule has 0 radical (unpaired) electrons. The summed E-state index contributed by atoms with van der Waals surface area (Å²) in [5.74, 6) is 0. The fraction of sp³-hybridized carbons (Fsp3) is 0.727. The molecule has 1 rings (SSSR count). The van der Waals surface area contributed by atoms with E-state index < -0.39 is 0 Å². The Morgan fingerprint density at radius 1 is 1.47 bits per heavy atom. The van der Waals surface area contributed by atoms with Crippen molar-refractivity contribution in [2.24, 2.45) is 0 Å². The van der Waals surface area contributed by atoms with Crippen molar-refractivity contribution >= 4 is 0 Å². The molecule has 4 nitrogen and oxygen atoms in total.